The predicted octanol–water partition coefficient (Wildman–Crippen LogP) is 4.31. The van der Waals surface area contributed by atoms with Gasteiger partial charge in [-0.3, -0.25) is 14.9 Å². The summed E-state index contributed by atoms with van der Waals surface area (Å²) in [6.45, 7) is 3.99. The van der Waals surface area contributed by atoms with Crippen LogP contribution in [0.1, 0.15) is 25.5 Å². The van der Waals surface area contributed by atoms with Crippen molar-refractivity contribution in [1.82, 2.24) is 5.32 Å². The normalized spacial score (nSPS) is 12.0. The molecule has 0 saturated carbocycles. The van der Waals surface area contributed by atoms with E-state index in [1.807, 2.05) is 13.8 Å². The fourth-order valence-electron chi connectivity index (χ4n) is 2.52. The lowest BCUT2D eigenvalue weighted by atomic mass is 9.96. The fraction of sp³-hybridized carbons (Fsp3) is 0.278. The molecule has 0 heterocycles. The molecule has 8 heteroatoms. The summed E-state index contributed by atoms with van der Waals surface area (Å²) in [5.41, 5.74) is 1.02. The second-order valence-electron chi connectivity index (χ2n) is 6.12. The van der Waals surface area contributed by atoms with Gasteiger partial charge in [-0.2, -0.15) is 0 Å². The predicted molar refractivity (Wildman–Crippen MR) is 98.7 cm³/mol. The molecule has 0 saturated heterocycles. The molecular weight excluding hydrogens is 361 g/mol. The zero-order valence-electron chi connectivity index (χ0n) is 14.3. The minimum absolute atomic E-state index is 0.00748. The van der Waals surface area contributed by atoms with E-state index in [-0.39, 0.29) is 40.9 Å². The molecule has 2 rings (SSSR count). The number of non-ortho nitro benzene ring substituents is 1. The second kappa shape index (κ2) is 8.73. The maximum atomic E-state index is 13.1. The molecule has 2 aromatic rings. The van der Waals surface area contributed by atoms with Crippen molar-refractivity contribution in [2.45, 2.75) is 19.9 Å². The van der Waals surface area contributed by atoms with E-state index in [1.54, 1.807) is 12.1 Å². The van der Waals surface area contributed by atoms with Crippen LogP contribution in [0.4, 0.5) is 15.8 Å². The number of rotatable bonds is 7. The Bertz CT molecular complexity index is 797. The molecule has 1 atom stereocenters. The molecule has 0 aliphatic heterocycles. The molecule has 0 aliphatic rings. The Morgan fingerprint density at radius 2 is 1.88 bits per heavy atom. The Morgan fingerprint density at radius 3 is 2.42 bits per heavy atom. The summed E-state index contributed by atoms with van der Waals surface area (Å²) in [5.74, 6) is -0.480. The van der Waals surface area contributed by atoms with Crippen molar-refractivity contribution in [1.29, 1.82) is 0 Å². The molecule has 0 spiro atoms. The molecular formula is C18H19ClFN3O3. The van der Waals surface area contributed by atoms with E-state index < -0.39 is 4.92 Å². The lowest BCUT2D eigenvalue weighted by Gasteiger charge is -2.23. The number of nitrogens with one attached hydrogen (secondary N) is 2. The number of nitro groups is 1. The summed E-state index contributed by atoms with van der Waals surface area (Å²) in [6.07, 6.45) is 0. The van der Waals surface area contributed by atoms with E-state index in [2.05, 4.69) is 10.6 Å². The van der Waals surface area contributed by atoms with Gasteiger partial charge in [0.05, 0.1) is 22.2 Å². The molecule has 0 aromatic heterocycles. The SMILES string of the molecule is CC(C)C(NCC(=O)Nc1ccc([N+](=O)[O-])cc1Cl)c1ccc(F)cc1. The maximum absolute atomic E-state index is 13.1. The van der Waals surface area contributed by atoms with Gasteiger partial charge in [0, 0.05) is 18.2 Å². The van der Waals surface area contributed by atoms with Gasteiger partial charge in [0.1, 0.15) is 5.82 Å². The van der Waals surface area contributed by atoms with E-state index in [4.69, 9.17) is 11.6 Å². The smallest absolute Gasteiger partial charge is 0.271 e. The zero-order valence-corrected chi connectivity index (χ0v) is 15.1. The number of benzene rings is 2. The Kier molecular flexibility index (Phi) is 6.65. The minimum atomic E-state index is -0.561. The molecule has 26 heavy (non-hydrogen) atoms. The third kappa shape index (κ3) is 5.24. The molecule has 0 aliphatic carbocycles. The summed E-state index contributed by atoms with van der Waals surface area (Å²) in [4.78, 5) is 22.3. The molecule has 0 radical (unpaired) electrons. The molecule has 2 N–H and O–H groups in total. The number of hydrogen-bond donors (Lipinski definition) is 2. The topological polar surface area (TPSA) is 84.3 Å². The van der Waals surface area contributed by atoms with Crippen LogP contribution >= 0.6 is 11.6 Å². The Hall–Kier alpha value is -2.51. The third-order valence-corrected chi connectivity index (χ3v) is 4.13. The highest BCUT2D eigenvalue weighted by Crippen LogP contribution is 2.26. The first-order chi connectivity index (χ1) is 12.3. The number of nitro benzene ring substituents is 1. The van der Waals surface area contributed by atoms with Crippen LogP contribution in [-0.2, 0) is 4.79 Å². The Morgan fingerprint density at radius 1 is 1.23 bits per heavy atom. The van der Waals surface area contributed by atoms with Crippen LogP contribution in [0.2, 0.25) is 5.02 Å². The Labute approximate surface area is 155 Å². The first-order valence-electron chi connectivity index (χ1n) is 8.00. The van der Waals surface area contributed by atoms with E-state index in [0.717, 1.165) is 5.56 Å². The van der Waals surface area contributed by atoms with Gasteiger partial charge in [-0.25, -0.2) is 4.39 Å². The highest BCUT2D eigenvalue weighted by atomic mass is 35.5. The zero-order chi connectivity index (χ0) is 19.3. The Balaban J connectivity index is 2.00. The first-order valence-corrected chi connectivity index (χ1v) is 8.38. The van der Waals surface area contributed by atoms with Crippen molar-refractivity contribution in [3.8, 4) is 0 Å². The summed E-state index contributed by atoms with van der Waals surface area (Å²) in [6, 6.07) is 9.82. The average molecular weight is 380 g/mol. The van der Waals surface area contributed by atoms with Crippen LogP contribution in [0.25, 0.3) is 0 Å². The molecule has 0 bridgehead atoms. The first kappa shape index (κ1) is 19.8. The van der Waals surface area contributed by atoms with E-state index in [1.165, 1.54) is 30.3 Å². The van der Waals surface area contributed by atoms with Crippen LogP contribution in [0.5, 0.6) is 0 Å². The largest absolute Gasteiger partial charge is 0.324 e. The highest BCUT2D eigenvalue weighted by molar-refractivity contribution is 6.34. The van der Waals surface area contributed by atoms with Crippen LogP contribution < -0.4 is 10.6 Å². The molecule has 1 amide bonds. The molecule has 2 aromatic carbocycles. The van der Waals surface area contributed by atoms with Gasteiger partial charge in [-0.15, -0.1) is 0 Å². The van der Waals surface area contributed by atoms with Gasteiger partial charge in [0.25, 0.3) is 5.69 Å². The van der Waals surface area contributed by atoms with Crippen LogP contribution in [0, 0.1) is 21.8 Å². The van der Waals surface area contributed by atoms with Crippen molar-refractivity contribution < 1.29 is 14.1 Å². The van der Waals surface area contributed by atoms with Gasteiger partial charge in [0.2, 0.25) is 5.91 Å². The summed E-state index contributed by atoms with van der Waals surface area (Å²) in [7, 11) is 0. The number of nitrogens with zero attached hydrogens (tertiary/aromatic N) is 1. The van der Waals surface area contributed by atoms with Gasteiger partial charge < -0.3 is 10.6 Å². The van der Waals surface area contributed by atoms with Crippen molar-refractivity contribution in [3.05, 3.63) is 69.0 Å². The van der Waals surface area contributed by atoms with Crippen LogP contribution in [0.15, 0.2) is 42.5 Å². The lowest BCUT2D eigenvalue weighted by molar-refractivity contribution is -0.384. The highest BCUT2D eigenvalue weighted by Gasteiger charge is 2.17. The minimum Gasteiger partial charge on any atom is -0.324 e. The summed E-state index contributed by atoms with van der Waals surface area (Å²) >= 11 is 5.97. The molecule has 6 nitrogen and oxygen atoms in total. The van der Waals surface area contributed by atoms with Crippen molar-refractivity contribution in [3.63, 3.8) is 0 Å². The van der Waals surface area contributed by atoms with Crippen molar-refractivity contribution >= 4 is 28.9 Å². The number of amides is 1. The quantitative estimate of drug-likeness (QED) is 0.554. The lowest BCUT2D eigenvalue weighted by Crippen LogP contribution is -2.33. The fourth-order valence-corrected chi connectivity index (χ4v) is 2.75. The monoisotopic (exact) mass is 379 g/mol. The van der Waals surface area contributed by atoms with Gasteiger partial charge >= 0.3 is 0 Å². The number of halogens is 2. The van der Waals surface area contributed by atoms with Crippen LogP contribution in [0.3, 0.4) is 0 Å². The van der Waals surface area contributed by atoms with Crippen molar-refractivity contribution in [2.75, 3.05) is 11.9 Å². The third-order valence-electron chi connectivity index (χ3n) is 3.82. The van der Waals surface area contributed by atoms with E-state index >= 15 is 0 Å². The maximum Gasteiger partial charge on any atom is 0.271 e. The van der Waals surface area contributed by atoms with Crippen molar-refractivity contribution in [2.24, 2.45) is 5.92 Å². The standard InChI is InChI=1S/C18H19ClFN3O3/c1-11(2)18(12-3-5-13(20)6-4-12)21-10-17(24)22-16-8-7-14(23(25)26)9-15(16)19/h3-9,11,18,21H,10H2,1-2H3,(H,22,24). The van der Waals surface area contributed by atoms with Gasteiger partial charge in [-0.1, -0.05) is 37.6 Å². The van der Waals surface area contributed by atoms with Gasteiger partial charge in [-0.05, 0) is 29.7 Å². The van der Waals surface area contributed by atoms with E-state index in [0.29, 0.717) is 5.69 Å². The van der Waals surface area contributed by atoms with E-state index in [9.17, 15) is 19.3 Å². The number of carbonyl (C=O) groups is 1. The molecule has 138 valence electrons. The number of hydrogen-bond acceptors (Lipinski definition) is 4. The number of anilines is 1. The summed E-state index contributed by atoms with van der Waals surface area (Å²) in [5, 5.41) is 16.6. The average Bonchev–Trinajstić information content (AvgIpc) is 2.58. The number of carbonyl (C=O) groups excluding carboxylic acids is 1. The van der Waals surface area contributed by atoms with Gasteiger partial charge in [0.15, 0.2) is 0 Å². The summed E-state index contributed by atoms with van der Waals surface area (Å²) < 4.78 is 13.1. The second-order valence-corrected chi connectivity index (χ2v) is 6.53. The van der Waals surface area contributed by atoms with Crippen LogP contribution in [-0.4, -0.2) is 17.4 Å². The molecule has 1 unspecified atom stereocenters. The molecule has 0 fully saturated rings.